The molecule has 0 bridgehead atoms. The maximum absolute atomic E-state index is 13.1. The van der Waals surface area contributed by atoms with E-state index in [1.54, 1.807) is 24.3 Å². The number of nitrogens with zero attached hydrogens (tertiary/aromatic N) is 1. The van der Waals surface area contributed by atoms with Crippen molar-refractivity contribution >= 4 is 33.4 Å². The molecule has 2 aromatic rings. The summed E-state index contributed by atoms with van der Waals surface area (Å²) in [7, 11) is 0. The molecule has 29 heavy (non-hydrogen) atoms. The molecule has 2 aromatic carbocycles. The summed E-state index contributed by atoms with van der Waals surface area (Å²) in [6.45, 7) is 5.43. The Labute approximate surface area is 183 Å². The third kappa shape index (κ3) is 6.15. The number of morpholine rings is 1. The largest absolute Gasteiger partial charge is 0.493 e. The van der Waals surface area contributed by atoms with Crippen molar-refractivity contribution in [2.45, 2.75) is 19.6 Å². The molecule has 0 saturated carbocycles. The molecule has 1 amide bonds. The fourth-order valence-electron chi connectivity index (χ4n) is 3.18. The van der Waals surface area contributed by atoms with Gasteiger partial charge in [0.1, 0.15) is 11.6 Å². The second kappa shape index (κ2) is 10.4. The van der Waals surface area contributed by atoms with Crippen LogP contribution >= 0.6 is 27.5 Å². The van der Waals surface area contributed by atoms with Crippen molar-refractivity contribution in [3.63, 3.8) is 0 Å². The first-order chi connectivity index (χ1) is 14.0. The molecule has 1 fully saturated rings. The zero-order chi connectivity index (χ0) is 20.8. The van der Waals surface area contributed by atoms with E-state index in [9.17, 15) is 9.18 Å². The minimum atomic E-state index is -0.262. The van der Waals surface area contributed by atoms with Crippen LogP contribution in [0.2, 0.25) is 5.02 Å². The van der Waals surface area contributed by atoms with Crippen LogP contribution in [0, 0.1) is 5.82 Å². The smallest absolute Gasteiger partial charge is 0.255 e. The summed E-state index contributed by atoms with van der Waals surface area (Å²) >= 11 is 9.50. The van der Waals surface area contributed by atoms with Gasteiger partial charge in [-0.1, -0.05) is 23.7 Å². The fraction of sp³-hybridized carbons (Fsp3) is 0.381. The van der Waals surface area contributed by atoms with Crippen LogP contribution in [0.5, 0.6) is 5.75 Å². The Kier molecular flexibility index (Phi) is 7.89. The topological polar surface area (TPSA) is 50.8 Å². The fourth-order valence-corrected chi connectivity index (χ4v) is 3.66. The Balaban J connectivity index is 1.57. The molecule has 0 radical (unpaired) electrons. The van der Waals surface area contributed by atoms with E-state index in [2.05, 4.69) is 26.1 Å². The molecule has 1 aliphatic rings. The van der Waals surface area contributed by atoms with Crippen LogP contribution in [0.1, 0.15) is 22.8 Å². The highest BCUT2D eigenvalue weighted by molar-refractivity contribution is 9.10. The maximum Gasteiger partial charge on any atom is 0.255 e. The van der Waals surface area contributed by atoms with Gasteiger partial charge in [0.2, 0.25) is 0 Å². The van der Waals surface area contributed by atoms with Crippen LogP contribution in [0.25, 0.3) is 0 Å². The number of benzene rings is 2. The minimum absolute atomic E-state index is 0.130. The predicted octanol–water partition coefficient (Wildman–Crippen LogP) is 4.27. The lowest BCUT2D eigenvalue weighted by Crippen LogP contribution is -2.47. The van der Waals surface area contributed by atoms with Gasteiger partial charge in [0.05, 0.1) is 29.9 Å². The monoisotopic (exact) mass is 484 g/mol. The van der Waals surface area contributed by atoms with Gasteiger partial charge in [0.15, 0.2) is 0 Å². The first-order valence-corrected chi connectivity index (χ1v) is 10.6. The lowest BCUT2D eigenvalue weighted by Gasteiger charge is -2.33. The molecule has 1 unspecified atom stereocenters. The second-order valence-corrected chi connectivity index (χ2v) is 8.02. The molecular weight excluding hydrogens is 463 g/mol. The van der Waals surface area contributed by atoms with E-state index in [4.69, 9.17) is 21.1 Å². The van der Waals surface area contributed by atoms with Crippen LogP contribution in [-0.4, -0.2) is 49.8 Å². The number of carbonyl (C=O) groups excluding carboxylic acids is 1. The van der Waals surface area contributed by atoms with Crippen LogP contribution in [0.15, 0.2) is 40.9 Å². The van der Waals surface area contributed by atoms with E-state index < -0.39 is 0 Å². The quantitative estimate of drug-likeness (QED) is 0.636. The molecule has 1 aliphatic heterocycles. The Morgan fingerprint density at radius 1 is 1.38 bits per heavy atom. The Morgan fingerprint density at radius 3 is 2.86 bits per heavy atom. The summed E-state index contributed by atoms with van der Waals surface area (Å²) in [6, 6.07) is 9.79. The molecule has 0 aliphatic carbocycles. The van der Waals surface area contributed by atoms with Crippen molar-refractivity contribution in [1.29, 1.82) is 0 Å². The Morgan fingerprint density at radius 2 is 2.14 bits per heavy atom. The molecule has 1 atom stereocenters. The Hall–Kier alpha value is -1.67. The zero-order valence-electron chi connectivity index (χ0n) is 16.1. The molecular formula is C21H23BrClFN2O3. The number of rotatable bonds is 7. The lowest BCUT2D eigenvalue weighted by molar-refractivity contribution is -0.0292. The van der Waals surface area contributed by atoms with Gasteiger partial charge in [-0.05, 0) is 52.7 Å². The maximum atomic E-state index is 13.1. The molecule has 1 N–H and O–H groups in total. The van der Waals surface area contributed by atoms with Gasteiger partial charge >= 0.3 is 0 Å². The van der Waals surface area contributed by atoms with E-state index in [0.717, 1.165) is 12.1 Å². The molecule has 8 heteroatoms. The van der Waals surface area contributed by atoms with Crippen molar-refractivity contribution in [2.24, 2.45) is 0 Å². The summed E-state index contributed by atoms with van der Waals surface area (Å²) in [5.74, 6) is -0.0262. The molecule has 1 saturated heterocycles. The predicted molar refractivity (Wildman–Crippen MR) is 114 cm³/mol. The van der Waals surface area contributed by atoms with Gasteiger partial charge in [0, 0.05) is 30.7 Å². The summed E-state index contributed by atoms with van der Waals surface area (Å²) in [4.78, 5) is 14.9. The number of carbonyl (C=O) groups is 1. The van der Waals surface area contributed by atoms with Gasteiger partial charge in [-0.25, -0.2) is 4.39 Å². The SMILES string of the molecule is CCOc1cc(Br)c(Cl)cc1C(=O)NCC1CN(Cc2ccc(F)cc2)CCO1. The summed E-state index contributed by atoms with van der Waals surface area (Å²) in [6.07, 6.45) is -0.130. The van der Waals surface area contributed by atoms with E-state index >= 15 is 0 Å². The first-order valence-electron chi connectivity index (χ1n) is 9.44. The third-order valence-electron chi connectivity index (χ3n) is 4.60. The first kappa shape index (κ1) is 22.0. The van der Waals surface area contributed by atoms with Crippen LogP contribution < -0.4 is 10.1 Å². The van der Waals surface area contributed by atoms with Crippen molar-refractivity contribution in [1.82, 2.24) is 10.2 Å². The molecule has 3 rings (SSSR count). The molecule has 156 valence electrons. The lowest BCUT2D eigenvalue weighted by atomic mass is 10.1. The zero-order valence-corrected chi connectivity index (χ0v) is 18.4. The van der Waals surface area contributed by atoms with Gasteiger partial charge in [-0.15, -0.1) is 0 Å². The minimum Gasteiger partial charge on any atom is -0.493 e. The van der Waals surface area contributed by atoms with Crippen LogP contribution in [0.4, 0.5) is 4.39 Å². The normalized spacial score (nSPS) is 17.2. The number of halogens is 3. The van der Waals surface area contributed by atoms with Gasteiger partial charge in [-0.3, -0.25) is 9.69 Å². The molecule has 0 aromatic heterocycles. The molecule has 0 spiro atoms. The number of hydrogen-bond acceptors (Lipinski definition) is 4. The number of nitrogens with one attached hydrogen (secondary N) is 1. The van der Waals surface area contributed by atoms with Gasteiger partial charge in [-0.2, -0.15) is 0 Å². The number of ether oxygens (including phenoxy) is 2. The van der Waals surface area contributed by atoms with Crippen molar-refractivity contribution in [3.8, 4) is 5.75 Å². The second-order valence-electron chi connectivity index (χ2n) is 6.76. The van der Waals surface area contributed by atoms with Crippen molar-refractivity contribution in [2.75, 3.05) is 32.8 Å². The molecule has 5 nitrogen and oxygen atoms in total. The third-order valence-corrected chi connectivity index (χ3v) is 5.80. The Bertz CT molecular complexity index is 851. The average Bonchev–Trinajstić information content (AvgIpc) is 2.71. The van der Waals surface area contributed by atoms with Crippen molar-refractivity contribution in [3.05, 3.63) is 62.8 Å². The van der Waals surface area contributed by atoms with Crippen LogP contribution in [0.3, 0.4) is 0 Å². The number of amides is 1. The standard InChI is InChI=1S/C21H23BrClFN2O3/c1-2-28-20-10-18(22)19(23)9-17(20)21(27)25-11-16-13-26(7-8-29-16)12-14-3-5-15(24)6-4-14/h3-6,9-10,16H,2,7-8,11-13H2,1H3,(H,25,27). The highest BCUT2D eigenvalue weighted by Crippen LogP contribution is 2.31. The van der Waals surface area contributed by atoms with E-state index in [1.807, 2.05) is 6.92 Å². The summed E-state index contributed by atoms with van der Waals surface area (Å²) < 4.78 is 25.1. The molecule has 1 heterocycles. The van der Waals surface area contributed by atoms with E-state index in [0.29, 0.717) is 53.7 Å². The highest BCUT2D eigenvalue weighted by atomic mass is 79.9. The summed E-state index contributed by atoms with van der Waals surface area (Å²) in [5, 5.41) is 3.35. The van der Waals surface area contributed by atoms with Crippen LogP contribution in [-0.2, 0) is 11.3 Å². The van der Waals surface area contributed by atoms with Gasteiger partial charge in [0.25, 0.3) is 5.91 Å². The van der Waals surface area contributed by atoms with Crippen molar-refractivity contribution < 1.29 is 18.7 Å². The average molecular weight is 486 g/mol. The van der Waals surface area contributed by atoms with E-state index in [-0.39, 0.29) is 17.8 Å². The summed E-state index contributed by atoms with van der Waals surface area (Å²) in [5.41, 5.74) is 1.43. The van der Waals surface area contributed by atoms with E-state index in [1.165, 1.54) is 12.1 Å². The van der Waals surface area contributed by atoms with Gasteiger partial charge < -0.3 is 14.8 Å². The number of hydrogen-bond donors (Lipinski definition) is 1. The highest BCUT2D eigenvalue weighted by Gasteiger charge is 2.22.